The maximum absolute atomic E-state index is 5.67. The molecule has 94 valence electrons. The Labute approximate surface area is 104 Å². The molecule has 2 rings (SSSR count). The van der Waals surface area contributed by atoms with Gasteiger partial charge in [0.25, 0.3) is 0 Å². The van der Waals surface area contributed by atoms with Crippen molar-refractivity contribution < 1.29 is 0 Å². The standard InChI is InChI=1S/C14H23N3/c1-3-8-17(10-12-4-5-12)14-7-6-13(9-15)11(2)16-14/h6-7,12H,3-5,8-10,15H2,1-2H3. The normalized spacial score (nSPS) is 15.0. The fourth-order valence-corrected chi connectivity index (χ4v) is 2.15. The van der Waals surface area contributed by atoms with E-state index in [1.165, 1.54) is 25.8 Å². The second kappa shape index (κ2) is 5.50. The summed E-state index contributed by atoms with van der Waals surface area (Å²) in [5, 5.41) is 0. The van der Waals surface area contributed by atoms with Crippen molar-refractivity contribution in [2.75, 3.05) is 18.0 Å². The molecule has 2 N–H and O–H groups in total. The third-order valence-corrected chi connectivity index (χ3v) is 3.39. The third kappa shape index (κ3) is 3.19. The quantitative estimate of drug-likeness (QED) is 0.820. The van der Waals surface area contributed by atoms with Gasteiger partial charge in [0.2, 0.25) is 0 Å². The highest BCUT2D eigenvalue weighted by molar-refractivity contribution is 5.42. The molecule has 1 aliphatic rings. The van der Waals surface area contributed by atoms with Gasteiger partial charge >= 0.3 is 0 Å². The van der Waals surface area contributed by atoms with Gasteiger partial charge in [0.15, 0.2) is 0 Å². The summed E-state index contributed by atoms with van der Waals surface area (Å²) in [6, 6.07) is 4.24. The van der Waals surface area contributed by atoms with Crippen molar-refractivity contribution in [1.29, 1.82) is 0 Å². The van der Waals surface area contributed by atoms with Gasteiger partial charge < -0.3 is 10.6 Å². The zero-order valence-electron chi connectivity index (χ0n) is 10.9. The van der Waals surface area contributed by atoms with E-state index in [1.807, 2.05) is 6.92 Å². The van der Waals surface area contributed by atoms with E-state index in [1.54, 1.807) is 0 Å². The molecular formula is C14H23N3. The van der Waals surface area contributed by atoms with Crippen molar-refractivity contribution in [2.45, 2.75) is 39.7 Å². The third-order valence-electron chi connectivity index (χ3n) is 3.39. The van der Waals surface area contributed by atoms with E-state index in [4.69, 9.17) is 5.73 Å². The first-order chi connectivity index (χ1) is 8.24. The maximum Gasteiger partial charge on any atom is 0.128 e. The van der Waals surface area contributed by atoms with Crippen molar-refractivity contribution >= 4 is 5.82 Å². The highest BCUT2D eigenvalue weighted by Gasteiger charge is 2.24. The Morgan fingerprint density at radius 1 is 1.41 bits per heavy atom. The van der Waals surface area contributed by atoms with Gasteiger partial charge in [-0.2, -0.15) is 0 Å². The number of anilines is 1. The smallest absolute Gasteiger partial charge is 0.128 e. The minimum absolute atomic E-state index is 0.579. The van der Waals surface area contributed by atoms with Gasteiger partial charge in [-0.3, -0.25) is 0 Å². The minimum atomic E-state index is 0.579. The molecule has 0 unspecified atom stereocenters. The lowest BCUT2D eigenvalue weighted by molar-refractivity contribution is 0.697. The highest BCUT2D eigenvalue weighted by atomic mass is 15.2. The zero-order valence-corrected chi connectivity index (χ0v) is 10.9. The Kier molecular flexibility index (Phi) is 4.00. The average Bonchev–Trinajstić information content (AvgIpc) is 3.12. The van der Waals surface area contributed by atoms with Crippen molar-refractivity contribution in [3.8, 4) is 0 Å². The molecule has 1 aromatic heterocycles. The molecular weight excluding hydrogens is 210 g/mol. The van der Waals surface area contributed by atoms with E-state index in [2.05, 4.69) is 28.9 Å². The van der Waals surface area contributed by atoms with Crippen LogP contribution in [0.2, 0.25) is 0 Å². The van der Waals surface area contributed by atoms with E-state index < -0.39 is 0 Å². The monoisotopic (exact) mass is 233 g/mol. The van der Waals surface area contributed by atoms with Crippen LogP contribution in [0.5, 0.6) is 0 Å². The van der Waals surface area contributed by atoms with Crippen LogP contribution in [0.3, 0.4) is 0 Å². The van der Waals surface area contributed by atoms with Crippen LogP contribution >= 0.6 is 0 Å². The molecule has 0 saturated heterocycles. The second-order valence-electron chi connectivity index (χ2n) is 5.01. The molecule has 1 aliphatic carbocycles. The summed E-state index contributed by atoms with van der Waals surface area (Å²) < 4.78 is 0. The van der Waals surface area contributed by atoms with Crippen molar-refractivity contribution in [2.24, 2.45) is 11.7 Å². The van der Waals surface area contributed by atoms with Crippen LogP contribution in [0.15, 0.2) is 12.1 Å². The van der Waals surface area contributed by atoms with Crippen LogP contribution in [0.4, 0.5) is 5.82 Å². The summed E-state index contributed by atoms with van der Waals surface area (Å²) in [7, 11) is 0. The Morgan fingerprint density at radius 3 is 2.71 bits per heavy atom. The molecule has 0 aliphatic heterocycles. The number of rotatable bonds is 6. The lowest BCUT2D eigenvalue weighted by Gasteiger charge is -2.23. The SMILES string of the molecule is CCCN(CC1CC1)c1ccc(CN)c(C)n1. The lowest BCUT2D eigenvalue weighted by Crippen LogP contribution is -2.27. The number of nitrogens with zero attached hydrogens (tertiary/aromatic N) is 2. The summed E-state index contributed by atoms with van der Waals surface area (Å²) in [5.74, 6) is 2.02. The van der Waals surface area contributed by atoms with Gasteiger partial charge in [0.05, 0.1) is 0 Å². The first-order valence-corrected chi connectivity index (χ1v) is 6.66. The fraction of sp³-hybridized carbons (Fsp3) is 0.643. The molecule has 1 fully saturated rings. The second-order valence-corrected chi connectivity index (χ2v) is 5.01. The fourth-order valence-electron chi connectivity index (χ4n) is 2.15. The molecule has 0 radical (unpaired) electrons. The van der Waals surface area contributed by atoms with Gasteiger partial charge in [0, 0.05) is 25.3 Å². The van der Waals surface area contributed by atoms with Gasteiger partial charge in [0.1, 0.15) is 5.82 Å². The van der Waals surface area contributed by atoms with Crippen LogP contribution in [0.25, 0.3) is 0 Å². The van der Waals surface area contributed by atoms with Crippen LogP contribution in [-0.2, 0) is 6.54 Å². The Balaban J connectivity index is 2.13. The minimum Gasteiger partial charge on any atom is -0.356 e. The number of aryl methyl sites for hydroxylation is 1. The topological polar surface area (TPSA) is 42.1 Å². The zero-order chi connectivity index (χ0) is 12.3. The van der Waals surface area contributed by atoms with Crippen molar-refractivity contribution in [3.63, 3.8) is 0 Å². The molecule has 1 heterocycles. The summed E-state index contributed by atoms with van der Waals surface area (Å²) in [5.41, 5.74) is 7.89. The first-order valence-electron chi connectivity index (χ1n) is 6.66. The Morgan fingerprint density at radius 2 is 2.18 bits per heavy atom. The summed E-state index contributed by atoms with van der Waals surface area (Å²) in [6.45, 7) is 7.12. The first kappa shape index (κ1) is 12.4. The van der Waals surface area contributed by atoms with Crippen molar-refractivity contribution in [3.05, 3.63) is 23.4 Å². The maximum atomic E-state index is 5.67. The largest absolute Gasteiger partial charge is 0.356 e. The van der Waals surface area contributed by atoms with Crippen molar-refractivity contribution in [1.82, 2.24) is 4.98 Å². The Hall–Kier alpha value is -1.09. The van der Waals surface area contributed by atoms with Crippen LogP contribution < -0.4 is 10.6 Å². The number of hydrogen-bond donors (Lipinski definition) is 1. The number of aromatic nitrogens is 1. The van der Waals surface area contributed by atoms with E-state index in [0.717, 1.165) is 29.5 Å². The summed E-state index contributed by atoms with van der Waals surface area (Å²) in [4.78, 5) is 7.11. The lowest BCUT2D eigenvalue weighted by atomic mass is 10.2. The molecule has 3 nitrogen and oxygen atoms in total. The molecule has 0 aromatic carbocycles. The van der Waals surface area contributed by atoms with Crippen LogP contribution in [0.1, 0.15) is 37.4 Å². The van der Waals surface area contributed by atoms with E-state index >= 15 is 0 Å². The molecule has 3 heteroatoms. The van der Waals surface area contributed by atoms with E-state index in [0.29, 0.717) is 6.54 Å². The molecule has 0 amide bonds. The van der Waals surface area contributed by atoms with Gasteiger partial charge in [-0.15, -0.1) is 0 Å². The molecule has 0 bridgehead atoms. The molecule has 1 saturated carbocycles. The number of hydrogen-bond acceptors (Lipinski definition) is 3. The molecule has 1 aromatic rings. The molecule has 0 atom stereocenters. The summed E-state index contributed by atoms with van der Waals surface area (Å²) in [6.07, 6.45) is 3.95. The van der Waals surface area contributed by atoms with E-state index in [-0.39, 0.29) is 0 Å². The predicted molar refractivity (Wildman–Crippen MR) is 72.1 cm³/mol. The number of pyridine rings is 1. The number of nitrogens with two attached hydrogens (primary N) is 1. The average molecular weight is 233 g/mol. The van der Waals surface area contributed by atoms with Crippen LogP contribution in [0, 0.1) is 12.8 Å². The van der Waals surface area contributed by atoms with E-state index in [9.17, 15) is 0 Å². The molecule has 17 heavy (non-hydrogen) atoms. The Bertz CT molecular complexity index is 372. The van der Waals surface area contributed by atoms with Gasteiger partial charge in [-0.05, 0) is 43.7 Å². The van der Waals surface area contributed by atoms with Gasteiger partial charge in [-0.1, -0.05) is 13.0 Å². The predicted octanol–water partition coefficient (Wildman–Crippen LogP) is 2.48. The van der Waals surface area contributed by atoms with Crippen LogP contribution in [-0.4, -0.2) is 18.1 Å². The highest BCUT2D eigenvalue weighted by Crippen LogP contribution is 2.31. The van der Waals surface area contributed by atoms with Gasteiger partial charge in [-0.25, -0.2) is 4.98 Å². The molecule has 0 spiro atoms. The summed E-state index contributed by atoms with van der Waals surface area (Å²) >= 11 is 0.